The number of amides is 2. The highest BCUT2D eigenvalue weighted by atomic mass is 16.4. The first-order chi connectivity index (χ1) is 12.0. The lowest BCUT2D eigenvalue weighted by Gasteiger charge is -2.30. The van der Waals surface area contributed by atoms with Crippen molar-refractivity contribution in [3.05, 3.63) is 36.6 Å². The summed E-state index contributed by atoms with van der Waals surface area (Å²) in [5.41, 5.74) is -1.02. The van der Waals surface area contributed by atoms with Crippen molar-refractivity contribution in [3.8, 4) is 0 Å². The fraction of sp³-hybridized carbons (Fsp3) is 0.375. The van der Waals surface area contributed by atoms with Crippen LogP contribution in [0.2, 0.25) is 0 Å². The summed E-state index contributed by atoms with van der Waals surface area (Å²) in [6, 6.07) is 2.60. The van der Waals surface area contributed by atoms with E-state index >= 15 is 0 Å². The number of anilines is 1. The number of furan rings is 1. The normalized spacial score (nSPS) is 31.6. The highest BCUT2D eigenvalue weighted by molar-refractivity contribution is 6.23. The van der Waals surface area contributed by atoms with Gasteiger partial charge in [-0.1, -0.05) is 0 Å². The summed E-state index contributed by atoms with van der Waals surface area (Å²) >= 11 is 0. The van der Waals surface area contributed by atoms with Gasteiger partial charge < -0.3 is 14.5 Å². The van der Waals surface area contributed by atoms with E-state index in [-0.39, 0.29) is 12.3 Å². The Morgan fingerprint density at radius 1 is 1.44 bits per heavy atom. The molecular weight excluding hydrogens is 328 g/mol. The number of carboxylic acid groups (broad SMARTS) is 1. The van der Waals surface area contributed by atoms with Gasteiger partial charge in [0.25, 0.3) is 0 Å². The van der Waals surface area contributed by atoms with E-state index in [9.17, 15) is 19.5 Å². The number of nitrogens with zero attached hydrogens (tertiary/aromatic N) is 2. The van der Waals surface area contributed by atoms with Crippen LogP contribution in [-0.4, -0.2) is 44.4 Å². The van der Waals surface area contributed by atoms with Gasteiger partial charge in [0.1, 0.15) is 5.54 Å². The van der Waals surface area contributed by atoms with Crippen LogP contribution in [0.1, 0.15) is 12.6 Å². The Balaban J connectivity index is 1.79. The molecule has 0 aromatic carbocycles. The summed E-state index contributed by atoms with van der Waals surface area (Å²) in [5.74, 6) is -3.87. The minimum absolute atomic E-state index is 0.0128. The lowest BCUT2D eigenvalue weighted by Crippen LogP contribution is -2.58. The van der Waals surface area contributed by atoms with Crippen LogP contribution in [0.3, 0.4) is 0 Å². The van der Waals surface area contributed by atoms with E-state index in [4.69, 9.17) is 4.42 Å². The van der Waals surface area contributed by atoms with Crippen molar-refractivity contribution in [3.63, 3.8) is 0 Å². The molecule has 2 aromatic heterocycles. The van der Waals surface area contributed by atoms with Crippen LogP contribution in [0.15, 0.2) is 35.3 Å². The van der Waals surface area contributed by atoms with Crippen LogP contribution < -0.4 is 10.2 Å². The number of hydrogen-bond acceptors (Lipinski definition) is 6. The Hall–Kier alpha value is -2.94. The Labute approximate surface area is 142 Å². The molecule has 4 atom stereocenters. The fourth-order valence-corrected chi connectivity index (χ4v) is 4.03. The van der Waals surface area contributed by atoms with Crippen LogP contribution in [0, 0.1) is 11.8 Å². The molecule has 2 fully saturated rings. The minimum Gasteiger partial charge on any atom is -0.480 e. The van der Waals surface area contributed by atoms with E-state index < -0.39 is 41.2 Å². The molecule has 4 rings (SSSR count). The molecule has 2 saturated heterocycles. The van der Waals surface area contributed by atoms with Crippen molar-refractivity contribution in [1.82, 2.24) is 15.3 Å². The van der Waals surface area contributed by atoms with E-state index in [2.05, 4.69) is 15.3 Å². The van der Waals surface area contributed by atoms with E-state index in [1.165, 1.54) is 24.9 Å². The molecule has 3 N–H and O–H groups in total. The topological polar surface area (TPSA) is 129 Å². The lowest BCUT2D eigenvalue weighted by molar-refractivity contribution is -0.148. The first-order valence-electron chi connectivity index (χ1n) is 7.85. The van der Waals surface area contributed by atoms with Crippen molar-refractivity contribution < 1.29 is 23.9 Å². The number of hydrogen-bond donors (Lipinski definition) is 3. The summed E-state index contributed by atoms with van der Waals surface area (Å²) in [7, 11) is 0. The first kappa shape index (κ1) is 15.6. The Morgan fingerprint density at radius 2 is 2.24 bits per heavy atom. The summed E-state index contributed by atoms with van der Waals surface area (Å²) in [6.45, 7) is 1.71. The number of aliphatic carboxylic acids is 1. The maximum Gasteiger partial charge on any atom is 0.325 e. The molecule has 2 aliphatic heterocycles. The highest BCUT2D eigenvalue weighted by Gasteiger charge is 2.68. The summed E-state index contributed by atoms with van der Waals surface area (Å²) < 4.78 is 5.19. The maximum atomic E-state index is 13.0. The van der Waals surface area contributed by atoms with Gasteiger partial charge in [-0.3, -0.25) is 19.7 Å². The van der Waals surface area contributed by atoms with Gasteiger partial charge in [0.15, 0.2) is 0 Å². The molecule has 0 aliphatic carbocycles. The highest BCUT2D eigenvalue weighted by Crippen LogP contribution is 2.45. The molecule has 4 heterocycles. The van der Waals surface area contributed by atoms with Gasteiger partial charge in [0.2, 0.25) is 17.7 Å². The van der Waals surface area contributed by atoms with Crippen molar-refractivity contribution in [2.45, 2.75) is 24.9 Å². The quantitative estimate of drug-likeness (QED) is 0.674. The van der Waals surface area contributed by atoms with Gasteiger partial charge in [-0.25, -0.2) is 9.88 Å². The smallest absolute Gasteiger partial charge is 0.325 e. The summed E-state index contributed by atoms with van der Waals surface area (Å²) in [5, 5.41) is 12.9. The molecular formula is C16H16N4O5. The third-order valence-corrected chi connectivity index (χ3v) is 5.04. The number of aromatic amines is 1. The Kier molecular flexibility index (Phi) is 3.29. The zero-order valence-corrected chi connectivity index (χ0v) is 13.3. The first-order valence-corrected chi connectivity index (χ1v) is 7.85. The molecule has 2 amide bonds. The average molecular weight is 344 g/mol. The monoisotopic (exact) mass is 344 g/mol. The number of rotatable bonds is 4. The predicted octanol–water partition coefficient (Wildman–Crippen LogP) is 0.166. The van der Waals surface area contributed by atoms with Crippen LogP contribution in [0.4, 0.5) is 5.88 Å². The minimum atomic E-state index is -1.59. The number of carboxylic acids is 1. The van der Waals surface area contributed by atoms with Crippen LogP contribution >= 0.6 is 0 Å². The van der Waals surface area contributed by atoms with Gasteiger partial charge in [0, 0.05) is 30.4 Å². The second-order valence-corrected chi connectivity index (χ2v) is 6.43. The molecule has 25 heavy (non-hydrogen) atoms. The average Bonchev–Trinajstić information content (AvgIpc) is 3.30. The zero-order chi connectivity index (χ0) is 17.8. The van der Waals surface area contributed by atoms with Crippen molar-refractivity contribution >= 4 is 23.7 Å². The number of aromatic nitrogens is 2. The lowest BCUT2D eigenvalue weighted by atomic mass is 9.77. The standard InChI is InChI=1S/C16H16N4O5/c1-8-11-12(14(22)20(13(11)21)10-3-2-4-25-10)16(19-8,15(23)24)5-9-6-17-7-18-9/h2-4,6-8,11-12,19H,5H2,1H3,(H,17,18)(H,23,24)/t8?,11-,12+,16?/m0/s1. The van der Waals surface area contributed by atoms with Gasteiger partial charge >= 0.3 is 5.97 Å². The SMILES string of the molecule is CC1NC(Cc2cnc[nH]2)(C(=O)O)[C@H]2C(=O)N(c3ccco3)C(=O)[C@@H]12. The number of H-pyrrole nitrogens is 1. The number of nitrogens with one attached hydrogen (secondary N) is 2. The van der Waals surface area contributed by atoms with Crippen LogP contribution in [-0.2, 0) is 20.8 Å². The zero-order valence-electron chi connectivity index (χ0n) is 13.3. The molecule has 130 valence electrons. The molecule has 0 spiro atoms. The van der Waals surface area contributed by atoms with E-state index in [0.717, 1.165) is 4.90 Å². The molecule has 0 saturated carbocycles. The fourth-order valence-electron chi connectivity index (χ4n) is 4.03. The van der Waals surface area contributed by atoms with Gasteiger partial charge in [0.05, 0.1) is 24.4 Å². The molecule has 2 unspecified atom stereocenters. The molecule has 9 nitrogen and oxygen atoms in total. The predicted molar refractivity (Wildman–Crippen MR) is 83.4 cm³/mol. The number of carbonyl (C=O) groups excluding carboxylic acids is 2. The maximum absolute atomic E-state index is 13.0. The number of fused-ring (bicyclic) bond motifs is 1. The largest absolute Gasteiger partial charge is 0.480 e. The van der Waals surface area contributed by atoms with E-state index in [0.29, 0.717) is 5.69 Å². The van der Waals surface area contributed by atoms with Gasteiger partial charge in [-0.15, -0.1) is 0 Å². The number of imidazole rings is 1. The van der Waals surface area contributed by atoms with E-state index in [1.807, 2.05) is 0 Å². The molecule has 0 radical (unpaired) electrons. The third-order valence-electron chi connectivity index (χ3n) is 5.04. The number of imide groups is 1. The second-order valence-electron chi connectivity index (χ2n) is 6.43. The molecule has 2 aromatic rings. The molecule has 9 heteroatoms. The third kappa shape index (κ3) is 2.05. The molecule has 2 aliphatic rings. The van der Waals surface area contributed by atoms with E-state index in [1.54, 1.807) is 13.0 Å². The number of carbonyl (C=O) groups is 3. The Bertz CT molecular complexity index is 831. The van der Waals surface area contributed by atoms with Crippen molar-refractivity contribution in [2.75, 3.05) is 4.90 Å². The van der Waals surface area contributed by atoms with Gasteiger partial charge in [-0.2, -0.15) is 0 Å². The Morgan fingerprint density at radius 3 is 2.84 bits per heavy atom. The van der Waals surface area contributed by atoms with Crippen LogP contribution in [0.5, 0.6) is 0 Å². The second kappa shape index (κ2) is 5.28. The van der Waals surface area contributed by atoms with Gasteiger partial charge in [-0.05, 0) is 13.0 Å². The van der Waals surface area contributed by atoms with Crippen molar-refractivity contribution in [1.29, 1.82) is 0 Å². The summed E-state index contributed by atoms with van der Waals surface area (Å²) in [6.07, 6.45) is 4.33. The van der Waals surface area contributed by atoms with Crippen LogP contribution in [0.25, 0.3) is 0 Å². The molecule has 0 bridgehead atoms. The van der Waals surface area contributed by atoms with Crippen molar-refractivity contribution in [2.24, 2.45) is 11.8 Å². The summed E-state index contributed by atoms with van der Waals surface area (Å²) in [4.78, 5) is 45.7.